The Morgan fingerprint density at radius 1 is 1.58 bits per heavy atom. The fourth-order valence-electron chi connectivity index (χ4n) is 1.14. The van der Waals surface area contributed by atoms with Crippen molar-refractivity contribution in [1.82, 2.24) is 9.55 Å². The molecule has 0 aliphatic rings. The molecule has 3 nitrogen and oxygen atoms in total. The van der Waals surface area contributed by atoms with Crippen molar-refractivity contribution >= 4 is 11.6 Å². The van der Waals surface area contributed by atoms with Gasteiger partial charge in [0.1, 0.15) is 5.15 Å². The van der Waals surface area contributed by atoms with E-state index in [1.54, 1.807) is 6.33 Å². The Balaban J connectivity index is 2.50. The summed E-state index contributed by atoms with van der Waals surface area (Å²) >= 11 is 5.86. The molecule has 0 aliphatic carbocycles. The van der Waals surface area contributed by atoms with E-state index >= 15 is 0 Å². The molecule has 2 N–H and O–H groups in total. The molecule has 0 bridgehead atoms. The summed E-state index contributed by atoms with van der Waals surface area (Å²) in [4.78, 5) is 3.99. The summed E-state index contributed by atoms with van der Waals surface area (Å²) in [6.07, 6.45) is 4.82. The Bertz CT molecular complexity index is 225. The quantitative estimate of drug-likeness (QED) is 0.724. The van der Waals surface area contributed by atoms with Gasteiger partial charge in [-0.05, 0) is 25.8 Å². The third-order valence-electron chi connectivity index (χ3n) is 1.88. The maximum absolute atomic E-state index is 5.86. The zero-order valence-electron chi connectivity index (χ0n) is 7.26. The van der Waals surface area contributed by atoms with E-state index in [0.717, 1.165) is 31.5 Å². The average molecular weight is 188 g/mol. The van der Waals surface area contributed by atoms with Crippen LogP contribution in [0.1, 0.15) is 18.5 Å². The van der Waals surface area contributed by atoms with Gasteiger partial charge in [0.05, 0.1) is 12.0 Å². The van der Waals surface area contributed by atoms with Crippen LogP contribution in [-0.2, 0) is 13.5 Å². The molecule has 4 heteroatoms. The maximum Gasteiger partial charge on any atom is 0.150 e. The van der Waals surface area contributed by atoms with Crippen molar-refractivity contribution in [1.29, 1.82) is 0 Å². The zero-order chi connectivity index (χ0) is 8.97. The van der Waals surface area contributed by atoms with Crippen LogP contribution in [0.2, 0.25) is 5.15 Å². The summed E-state index contributed by atoms with van der Waals surface area (Å²) in [5.74, 6) is 0. The highest BCUT2D eigenvalue weighted by Gasteiger charge is 2.04. The van der Waals surface area contributed by atoms with Crippen LogP contribution < -0.4 is 5.73 Å². The minimum atomic E-state index is 0.620. The Morgan fingerprint density at radius 2 is 2.33 bits per heavy atom. The molecule has 0 saturated carbocycles. The lowest BCUT2D eigenvalue weighted by Gasteiger charge is -2.01. The lowest BCUT2D eigenvalue weighted by molar-refractivity contribution is 0.705. The standard InChI is InChI=1S/C8H14ClN3/c1-12-6-11-8(9)7(12)4-2-3-5-10/h6H,2-5,10H2,1H3. The van der Waals surface area contributed by atoms with Crippen LogP contribution in [0.3, 0.4) is 0 Å². The topological polar surface area (TPSA) is 43.8 Å². The number of halogens is 1. The second-order valence-corrected chi connectivity index (χ2v) is 3.20. The van der Waals surface area contributed by atoms with Gasteiger partial charge in [0.2, 0.25) is 0 Å². The summed E-state index contributed by atoms with van der Waals surface area (Å²) in [6, 6.07) is 0. The lowest BCUT2D eigenvalue weighted by atomic mass is 10.2. The first-order chi connectivity index (χ1) is 5.75. The Morgan fingerprint density at radius 3 is 2.83 bits per heavy atom. The summed E-state index contributed by atoms with van der Waals surface area (Å²) in [5, 5.41) is 0.620. The molecule has 0 aromatic carbocycles. The van der Waals surface area contributed by atoms with Gasteiger partial charge < -0.3 is 10.3 Å². The Kier molecular flexibility index (Phi) is 3.56. The molecule has 0 saturated heterocycles. The van der Waals surface area contributed by atoms with E-state index in [2.05, 4.69) is 4.98 Å². The molecule has 0 atom stereocenters. The first kappa shape index (κ1) is 9.55. The molecule has 0 radical (unpaired) electrons. The van der Waals surface area contributed by atoms with Crippen molar-refractivity contribution in [3.8, 4) is 0 Å². The first-order valence-electron chi connectivity index (χ1n) is 4.11. The molecule has 0 spiro atoms. The van der Waals surface area contributed by atoms with E-state index in [1.165, 1.54) is 0 Å². The van der Waals surface area contributed by atoms with Gasteiger partial charge in [0.15, 0.2) is 0 Å². The van der Waals surface area contributed by atoms with Crippen molar-refractivity contribution in [3.63, 3.8) is 0 Å². The molecule has 0 fully saturated rings. The monoisotopic (exact) mass is 187 g/mol. The normalized spacial score (nSPS) is 10.6. The van der Waals surface area contributed by atoms with Crippen LogP contribution in [0.25, 0.3) is 0 Å². The minimum Gasteiger partial charge on any atom is -0.336 e. The van der Waals surface area contributed by atoms with Gasteiger partial charge in [-0.1, -0.05) is 11.6 Å². The predicted molar refractivity (Wildman–Crippen MR) is 50.2 cm³/mol. The van der Waals surface area contributed by atoms with Crippen LogP contribution in [0.4, 0.5) is 0 Å². The van der Waals surface area contributed by atoms with E-state index in [1.807, 2.05) is 11.6 Å². The highest BCUT2D eigenvalue weighted by atomic mass is 35.5. The highest BCUT2D eigenvalue weighted by Crippen LogP contribution is 2.14. The van der Waals surface area contributed by atoms with Crippen LogP contribution in [0.15, 0.2) is 6.33 Å². The zero-order valence-corrected chi connectivity index (χ0v) is 8.01. The first-order valence-corrected chi connectivity index (χ1v) is 4.49. The van der Waals surface area contributed by atoms with Crippen molar-refractivity contribution in [2.24, 2.45) is 12.8 Å². The summed E-state index contributed by atoms with van der Waals surface area (Å²) in [5.41, 5.74) is 6.49. The van der Waals surface area contributed by atoms with Gasteiger partial charge in [0, 0.05) is 7.05 Å². The number of nitrogens with zero attached hydrogens (tertiary/aromatic N) is 2. The Labute approximate surface area is 77.5 Å². The second-order valence-electron chi connectivity index (χ2n) is 2.84. The van der Waals surface area contributed by atoms with Gasteiger partial charge in [-0.3, -0.25) is 0 Å². The van der Waals surface area contributed by atoms with Crippen LogP contribution in [0, 0.1) is 0 Å². The molecule has 1 aromatic rings. The number of unbranched alkanes of at least 4 members (excludes halogenated alkanes) is 1. The van der Waals surface area contributed by atoms with Gasteiger partial charge in [-0.25, -0.2) is 4.98 Å². The molecular formula is C8H14ClN3. The minimum absolute atomic E-state index is 0.620. The SMILES string of the molecule is Cn1cnc(Cl)c1CCCCN. The second kappa shape index (κ2) is 4.48. The van der Waals surface area contributed by atoms with Crippen LogP contribution >= 0.6 is 11.6 Å². The smallest absolute Gasteiger partial charge is 0.150 e. The number of nitrogens with two attached hydrogens (primary N) is 1. The Hall–Kier alpha value is -0.540. The molecule has 12 heavy (non-hydrogen) atoms. The predicted octanol–water partition coefficient (Wildman–Crippen LogP) is 1.35. The number of aryl methyl sites for hydroxylation is 1. The summed E-state index contributed by atoms with van der Waals surface area (Å²) < 4.78 is 1.96. The molecule has 1 aromatic heterocycles. The number of aromatic nitrogens is 2. The maximum atomic E-state index is 5.86. The fourth-order valence-corrected chi connectivity index (χ4v) is 1.41. The van der Waals surface area contributed by atoms with Crippen molar-refractivity contribution in [3.05, 3.63) is 17.2 Å². The van der Waals surface area contributed by atoms with Crippen LogP contribution in [-0.4, -0.2) is 16.1 Å². The van der Waals surface area contributed by atoms with E-state index in [4.69, 9.17) is 17.3 Å². The third-order valence-corrected chi connectivity index (χ3v) is 2.19. The molecule has 0 amide bonds. The lowest BCUT2D eigenvalue weighted by Crippen LogP contribution is -2.01. The molecule has 1 rings (SSSR count). The van der Waals surface area contributed by atoms with E-state index in [-0.39, 0.29) is 0 Å². The largest absolute Gasteiger partial charge is 0.336 e. The van der Waals surface area contributed by atoms with Gasteiger partial charge in [-0.15, -0.1) is 0 Å². The third kappa shape index (κ3) is 2.22. The molecule has 1 heterocycles. The molecule has 0 unspecified atom stereocenters. The fraction of sp³-hybridized carbons (Fsp3) is 0.625. The average Bonchev–Trinajstić information content (AvgIpc) is 2.35. The van der Waals surface area contributed by atoms with Crippen molar-refractivity contribution < 1.29 is 0 Å². The van der Waals surface area contributed by atoms with Gasteiger partial charge in [0.25, 0.3) is 0 Å². The molecule has 68 valence electrons. The highest BCUT2D eigenvalue weighted by molar-refractivity contribution is 6.30. The number of hydrogen-bond acceptors (Lipinski definition) is 2. The number of hydrogen-bond donors (Lipinski definition) is 1. The van der Waals surface area contributed by atoms with Gasteiger partial charge >= 0.3 is 0 Å². The van der Waals surface area contributed by atoms with E-state index in [0.29, 0.717) is 5.15 Å². The van der Waals surface area contributed by atoms with Crippen molar-refractivity contribution in [2.45, 2.75) is 19.3 Å². The summed E-state index contributed by atoms with van der Waals surface area (Å²) in [7, 11) is 1.96. The van der Waals surface area contributed by atoms with E-state index in [9.17, 15) is 0 Å². The van der Waals surface area contributed by atoms with Gasteiger partial charge in [-0.2, -0.15) is 0 Å². The van der Waals surface area contributed by atoms with Crippen LogP contribution in [0.5, 0.6) is 0 Å². The number of rotatable bonds is 4. The summed E-state index contributed by atoms with van der Waals surface area (Å²) in [6.45, 7) is 0.746. The van der Waals surface area contributed by atoms with Crippen molar-refractivity contribution in [2.75, 3.05) is 6.54 Å². The molecule has 0 aliphatic heterocycles. The van der Waals surface area contributed by atoms with E-state index < -0.39 is 0 Å². The number of imidazole rings is 1. The molecular weight excluding hydrogens is 174 g/mol.